The molecule has 1 atom stereocenters. The third-order valence-electron chi connectivity index (χ3n) is 2.16. The van der Waals surface area contributed by atoms with Crippen LogP contribution in [0.3, 0.4) is 0 Å². The number of hydrogen-bond acceptors (Lipinski definition) is 4. The largest absolute Gasteiger partial charge is 0.388 e. The summed E-state index contributed by atoms with van der Waals surface area (Å²) < 4.78 is 7.80. The van der Waals surface area contributed by atoms with Gasteiger partial charge >= 0.3 is 0 Å². The van der Waals surface area contributed by atoms with Crippen molar-refractivity contribution in [3.05, 3.63) is 35.9 Å². The molecule has 98 valence electrons. The fraction of sp³-hybridized carbons (Fsp3) is 0.385. The van der Waals surface area contributed by atoms with Crippen molar-refractivity contribution in [2.24, 2.45) is 0 Å². The Morgan fingerprint density at radius 3 is 2.72 bits per heavy atom. The second kappa shape index (κ2) is 7.89. The number of amides is 1. The van der Waals surface area contributed by atoms with Crippen molar-refractivity contribution in [2.45, 2.75) is 19.4 Å². The molecule has 2 N–H and O–H groups in total. The molecule has 0 heterocycles. The molecule has 0 aliphatic carbocycles. The van der Waals surface area contributed by atoms with Crippen LogP contribution in [0.5, 0.6) is 0 Å². The maximum absolute atomic E-state index is 11.6. The first-order chi connectivity index (χ1) is 8.92. The maximum atomic E-state index is 11.6. The van der Waals surface area contributed by atoms with Crippen LogP contribution in [0.2, 0.25) is 0 Å². The summed E-state index contributed by atoms with van der Waals surface area (Å²) in [6.07, 6.45) is -2.18. The first-order valence-corrected chi connectivity index (χ1v) is 6.58. The minimum Gasteiger partial charge on any atom is -0.388 e. The monoisotopic (exact) mass is 268 g/mol. The van der Waals surface area contributed by atoms with Gasteiger partial charge in [-0.2, -0.15) is 0 Å². The molecular formula is C13H17NO3S. The van der Waals surface area contributed by atoms with E-state index in [1.807, 2.05) is 0 Å². The van der Waals surface area contributed by atoms with E-state index in [1.165, 1.54) is 6.92 Å². The minimum atomic E-state index is -1.90. The van der Waals surface area contributed by atoms with Crippen LogP contribution >= 0.6 is 11.8 Å². The van der Waals surface area contributed by atoms with Gasteiger partial charge in [0.25, 0.3) is 0 Å². The number of hydrogen-bond donors (Lipinski definition) is 2. The summed E-state index contributed by atoms with van der Waals surface area (Å²) >= 11 is 1.01. The number of thioether (sulfide) groups is 1. The summed E-state index contributed by atoms with van der Waals surface area (Å²) in [6.45, 7) is 1.80. The van der Waals surface area contributed by atoms with Crippen LogP contribution in [0.15, 0.2) is 30.3 Å². The van der Waals surface area contributed by atoms with Gasteiger partial charge in [0, 0.05) is 25.6 Å². The quantitative estimate of drug-likeness (QED) is 0.767. The molecule has 0 aliphatic rings. The molecule has 0 unspecified atom stereocenters. The minimum absolute atomic E-state index is 0.144. The van der Waals surface area contributed by atoms with Gasteiger partial charge < -0.3 is 10.4 Å². The molecule has 1 aromatic carbocycles. The summed E-state index contributed by atoms with van der Waals surface area (Å²) in [7, 11) is 0. The average molecular weight is 268 g/mol. The zero-order valence-corrected chi connectivity index (χ0v) is 11.0. The summed E-state index contributed by atoms with van der Waals surface area (Å²) in [5.41, 5.74) is 0.394. The van der Waals surface area contributed by atoms with E-state index in [4.69, 9.17) is 1.37 Å². The van der Waals surface area contributed by atoms with Gasteiger partial charge in [-0.05, 0) is 5.56 Å². The number of benzene rings is 1. The highest BCUT2D eigenvalue weighted by atomic mass is 32.2. The van der Waals surface area contributed by atoms with Crippen LogP contribution in [-0.2, 0) is 9.59 Å². The highest BCUT2D eigenvalue weighted by Gasteiger charge is 2.12. The molecule has 0 fully saturated rings. The smallest absolute Gasteiger partial charge is 0.216 e. The molecule has 1 rings (SSSR count). The van der Waals surface area contributed by atoms with E-state index in [9.17, 15) is 14.7 Å². The SMILES string of the molecule is [2H][C@](O)(CC(=O)SCCNC(C)=O)c1ccccc1. The van der Waals surface area contributed by atoms with E-state index >= 15 is 0 Å². The third-order valence-corrected chi connectivity index (χ3v) is 3.03. The molecule has 0 aliphatic heterocycles. The van der Waals surface area contributed by atoms with Gasteiger partial charge in [-0.25, -0.2) is 0 Å². The van der Waals surface area contributed by atoms with Crippen molar-refractivity contribution in [1.82, 2.24) is 5.32 Å². The topological polar surface area (TPSA) is 66.4 Å². The van der Waals surface area contributed by atoms with Crippen molar-refractivity contribution in [1.29, 1.82) is 0 Å². The van der Waals surface area contributed by atoms with Gasteiger partial charge in [-0.15, -0.1) is 0 Å². The predicted octanol–water partition coefficient (Wildman–Crippen LogP) is 1.51. The van der Waals surface area contributed by atoms with Gasteiger partial charge in [-0.1, -0.05) is 42.1 Å². The predicted molar refractivity (Wildman–Crippen MR) is 72.2 cm³/mol. The second-order valence-electron chi connectivity index (χ2n) is 3.69. The van der Waals surface area contributed by atoms with Crippen LogP contribution in [0.1, 0.15) is 26.4 Å². The Balaban J connectivity index is 2.41. The number of carbonyl (C=O) groups excluding carboxylic acids is 2. The van der Waals surface area contributed by atoms with Gasteiger partial charge in [0.2, 0.25) is 5.91 Å². The first-order valence-electron chi connectivity index (χ1n) is 6.10. The summed E-state index contributed by atoms with van der Waals surface area (Å²) in [5, 5.41) is 12.3. The Morgan fingerprint density at radius 1 is 1.44 bits per heavy atom. The van der Waals surface area contributed by atoms with E-state index in [1.54, 1.807) is 30.3 Å². The second-order valence-corrected chi connectivity index (χ2v) is 4.85. The van der Waals surface area contributed by atoms with Crippen LogP contribution in [-0.4, -0.2) is 28.4 Å². The average Bonchev–Trinajstić information content (AvgIpc) is 2.35. The summed E-state index contributed by atoms with van der Waals surface area (Å²) in [6, 6.07) is 8.43. The Morgan fingerprint density at radius 2 is 2.11 bits per heavy atom. The molecule has 1 aromatic rings. The lowest BCUT2D eigenvalue weighted by Gasteiger charge is -2.09. The zero-order valence-electron chi connectivity index (χ0n) is 11.2. The summed E-state index contributed by atoms with van der Waals surface area (Å²) in [5.74, 6) is 0.290. The lowest BCUT2D eigenvalue weighted by atomic mass is 10.1. The Labute approximate surface area is 112 Å². The molecule has 0 bridgehead atoms. The fourth-order valence-electron chi connectivity index (χ4n) is 1.31. The molecular weight excluding hydrogens is 250 g/mol. The molecule has 0 aromatic heterocycles. The number of aliphatic hydroxyl groups is 1. The maximum Gasteiger partial charge on any atom is 0.216 e. The van der Waals surface area contributed by atoms with Crippen molar-refractivity contribution >= 4 is 22.8 Å². The van der Waals surface area contributed by atoms with Crippen molar-refractivity contribution in [3.63, 3.8) is 0 Å². The Bertz CT molecular complexity index is 437. The Kier molecular flexibility index (Phi) is 5.75. The van der Waals surface area contributed by atoms with Crippen LogP contribution in [0.25, 0.3) is 0 Å². The summed E-state index contributed by atoms with van der Waals surface area (Å²) in [4.78, 5) is 22.3. The van der Waals surface area contributed by atoms with Gasteiger partial charge in [0.05, 0.1) is 7.45 Å². The molecule has 0 saturated carbocycles. The molecule has 0 spiro atoms. The van der Waals surface area contributed by atoms with Crippen LogP contribution in [0, 0.1) is 0 Å². The van der Waals surface area contributed by atoms with E-state index in [0.29, 0.717) is 17.9 Å². The molecule has 5 heteroatoms. The molecule has 0 radical (unpaired) electrons. The normalized spacial score (nSPS) is 14.4. The van der Waals surface area contributed by atoms with Crippen molar-refractivity contribution < 1.29 is 16.1 Å². The van der Waals surface area contributed by atoms with Gasteiger partial charge in [0.1, 0.15) is 0 Å². The Hall–Kier alpha value is -1.33. The lowest BCUT2D eigenvalue weighted by molar-refractivity contribution is -0.119. The van der Waals surface area contributed by atoms with Crippen molar-refractivity contribution in [3.8, 4) is 0 Å². The van der Waals surface area contributed by atoms with Gasteiger partial charge in [-0.3, -0.25) is 9.59 Å². The van der Waals surface area contributed by atoms with Crippen molar-refractivity contribution in [2.75, 3.05) is 12.3 Å². The number of nitrogens with one attached hydrogen (secondary N) is 1. The molecule has 1 amide bonds. The van der Waals surface area contributed by atoms with E-state index in [0.717, 1.165) is 11.8 Å². The van der Waals surface area contributed by atoms with E-state index in [-0.39, 0.29) is 17.4 Å². The molecule has 18 heavy (non-hydrogen) atoms. The molecule has 4 nitrogen and oxygen atoms in total. The highest BCUT2D eigenvalue weighted by molar-refractivity contribution is 8.13. The molecule has 0 saturated heterocycles. The number of carbonyl (C=O) groups is 2. The number of rotatable bonds is 6. The highest BCUT2D eigenvalue weighted by Crippen LogP contribution is 2.19. The fourth-order valence-corrected chi connectivity index (χ4v) is 1.98. The standard InChI is InChI=1S/C13H17NO3S/c1-10(15)14-7-8-18-13(17)9-12(16)11-5-3-2-4-6-11/h2-6,12,16H,7-9H2,1H3,(H,14,15)/t12-/m0/s1/i12D. The zero-order chi connectivity index (χ0) is 14.3. The van der Waals surface area contributed by atoms with E-state index in [2.05, 4.69) is 5.32 Å². The van der Waals surface area contributed by atoms with E-state index < -0.39 is 6.08 Å². The van der Waals surface area contributed by atoms with Crippen LogP contribution < -0.4 is 5.32 Å². The third kappa shape index (κ3) is 5.84. The van der Waals surface area contributed by atoms with Crippen LogP contribution in [0.4, 0.5) is 0 Å². The van der Waals surface area contributed by atoms with Gasteiger partial charge in [0.15, 0.2) is 5.12 Å². The first kappa shape index (κ1) is 13.1. The lowest BCUT2D eigenvalue weighted by Crippen LogP contribution is -2.22.